The maximum absolute atomic E-state index is 13.4. The fraction of sp³-hybridized carbons (Fsp3) is 0.0455. The molecule has 144 valence electrons. The van der Waals surface area contributed by atoms with Gasteiger partial charge < -0.3 is 4.42 Å². The molecule has 1 saturated heterocycles. The summed E-state index contributed by atoms with van der Waals surface area (Å²) in [7, 11) is 0. The zero-order valence-electron chi connectivity index (χ0n) is 15.3. The molecule has 29 heavy (non-hydrogen) atoms. The Balaban J connectivity index is 1.68. The number of nitrogens with one attached hydrogen (secondary N) is 1. The van der Waals surface area contributed by atoms with E-state index in [9.17, 15) is 18.8 Å². The Labute approximate surface area is 165 Å². The Kier molecular flexibility index (Phi) is 4.56. The normalized spacial score (nSPS) is 15.7. The van der Waals surface area contributed by atoms with Gasteiger partial charge in [0.2, 0.25) is 0 Å². The molecular weight excluding hydrogens is 375 g/mol. The maximum Gasteiger partial charge on any atom is 0.335 e. The molecule has 1 aliphatic heterocycles. The number of halogens is 1. The number of hydrogen-bond acceptors (Lipinski definition) is 4. The predicted octanol–water partition coefficient (Wildman–Crippen LogP) is 4.06. The highest BCUT2D eigenvalue weighted by Gasteiger charge is 2.37. The van der Waals surface area contributed by atoms with Gasteiger partial charge in [0.15, 0.2) is 0 Å². The highest BCUT2D eigenvalue weighted by atomic mass is 19.1. The number of barbiturate groups is 1. The molecule has 1 aromatic heterocycles. The molecule has 0 radical (unpaired) electrons. The van der Waals surface area contributed by atoms with Crippen molar-refractivity contribution >= 4 is 29.6 Å². The third-order valence-corrected chi connectivity index (χ3v) is 4.38. The molecule has 0 bridgehead atoms. The van der Waals surface area contributed by atoms with Gasteiger partial charge in [-0.2, -0.15) is 0 Å². The van der Waals surface area contributed by atoms with E-state index < -0.39 is 23.7 Å². The Morgan fingerprint density at radius 3 is 2.55 bits per heavy atom. The molecule has 1 aliphatic rings. The highest BCUT2D eigenvalue weighted by Crippen LogP contribution is 2.26. The largest absolute Gasteiger partial charge is 0.457 e. The number of urea groups is 1. The van der Waals surface area contributed by atoms with Gasteiger partial charge in [-0.1, -0.05) is 24.3 Å². The number of aryl methyl sites for hydroxylation is 1. The summed E-state index contributed by atoms with van der Waals surface area (Å²) in [6.07, 6.45) is 1.26. The first kappa shape index (κ1) is 18.4. The first-order valence-corrected chi connectivity index (χ1v) is 8.76. The van der Waals surface area contributed by atoms with Crippen LogP contribution in [0.4, 0.5) is 14.9 Å². The van der Waals surface area contributed by atoms with E-state index in [1.807, 2.05) is 13.0 Å². The van der Waals surface area contributed by atoms with E-state index in [1.165, 1.54) is 18.2 Å². The smallest absolute Gasteiger partial charge is 0.335 e. The Hall–Kier alpha value is -4.00. The molecule has 2 aromatic carbocycles. The fourth-order valence-electron chi connectivity index (χ4n) is 3.03. The van der Waals surface area contributed by atoms with Crippen LogP contribution in [0.3, 0.4) is 0 Å². The summed E-state index contributed by atoms with van der Waals surface area (Å²) in [6, 6.07) is 15.0. The monoisotopic (exact) mass is 390 g/mol. The van der Waals surface area contributed by atoms with Crippen molar-refractivity contribution in [1.29, 1.82) is 0 Å². The van der Waals surface area contributed by atoms with E-state index in [2.05, 4.69) is 5.32 Å². The molecule has 3 aromatic rings. The van der Waals surface area contributed by atoms with Crippen molar-refractivity contribution in [2.75, 3.05) is 4.90 Å². The number of furan rings is 1. The number of carbonyl (C=O) groups is 3. The summed E-state index contributed by atoms with van der Waals surface area (Å²) in [5.74, 6) is -1.37. The van der Waals surface area contributed by atoms with Gasteiger partial charge >= 0.3 is 6.03 Å². The quantitative estimate of drug-likeness (QED) is 0.540. The predicted molar refractivity (Wildman–Crippen MR) is 104 cm³/mol. The Morgan fingerprint density at radius 1 is 1.00 bits per heavy atom. The van der Waals surface area contributed by atoms with Crippen LogP contribution in [0.15, 0.2) is 70.7 Å². The van der Waals surface area contributed by atoms with Crippen LogP contribution in [0.25, 0.3) is 17.4 Å². The SMILES string of the molecule is Cc1cccc(N2C(=O)NC(=O)/C(=C\c3ccc(-c4cccc(F)c4)o3)C2=O)c1. The van der Waals surface area contributed by atoms with Gasteiger partial charge in [-0.25, -0.2) is 14.1 Å². The molecule has 4 rings (SSSR count). The fourth-order valence-corrected chi connectivity index (χ4v) is 3.03. The maximum atomic E-state index is 13.4. The standard InChI is InChI=1S/C22H15FN2O4/c1-13-4-2-7-16(10-13)25-21(27)18(20(26)24-22(25)28)12-17-8-9-19(29-17)14-5-3-6-15(23)11-14/h2-12H,1H3,(H,24,26,28)/b18-12+. The molecule has 0 atom stereocenters. The molecule has 0 spiro atoms. The molecule has 4 amide bonds. The number of imide groups is 2. The van der Waals surface area contributed by atoms with Gasteiger partial charge in [-0.3, -0.25) is 14.9 Å². The molecular formula is C22H15FN2O4. The van der Waals surface area contributed by atoms with Crippen molar-refractivity contribution in [3.63, 3.8) is 0 Å². The van der Waals surface area contributed by atoms with E-state index in [0.29, 0.717) is 17.0 Å². The molecule has 0 saturated carbocycles. The summed E-state index contributed by atoms with van der Waals surface area (Å²) in [4.78, 5) is 38.2. The number of amides is 4. The van der Waals surface area contributed by atoms with Gasteiger partial charge in [-0.15, -0.1) is 0 Å². The summed E-state index contributed by atoms with van der Waals surface area (Å²) in [5.41, 5.74) is 1.49. The molecule has 1 fully saturated rings. The van der Waals surface area contributed by atoms with Gasteiger partial charge in [0, 0.05) is 5.56 Å². The number of anilines is 1. The topological polar surface area (TPSA) is 79.6 Å². The first-order chi connectivity index (χ1) is 13.9. The average Bonchev–Trinajstić information content (AvgIpc) is 3.14. The summed E-state index contributed by atoms with van der Waals surface area (Å²) >= 11 is 0. The van der Waals surface area contributed by atoms with E-state index >= 15 is 0 Å². The lowest BCUT2D eigenvalue weighted by molar-refractivity contribution is -0.122. The molecule has 0 unspecified atom stereocenters. The van der Waals surface area contributed by atoms with Crippen LogP contribution in [-0.4, -0.2) is 17.8 Å². The van der Waals surface area contributed by atoms with Crippen molar-refractivity contribution in [2.45, 2.75) is 6.92 Å². The van der Waals surface area contributed by atoms with Crippen LogP contribution in [0.5, 0.6) is 0 Å². The van der Waals surface area contributed by atoms with Crippen LogP contribution in [0.1, 0.15) is 11.3 Å². The van der Waals surface area contributed by atoms with Gasteiger partial charge in [0.1, 0.15) is 22.9 Å². The Bertz CT molecular complexity index is 1180. The third kappa shape index (κ3) is 3.58. The van der Waals surface area contributed by atoms with Crippen LogP contribution in [-0.2, 0) is 9.59 Å². The second-order valence-electron chi connectivity index (χ2n) is 6.51. The van der Waals surface area contributed by atoms with Gasteiger partial charge in [0.25, 0.3) is 11.8 Å². The van der Waals surface area contributed by atoms with Gasteiger partial charge in [0.05, 0.1) is 5.69 Å². The number of nitrogens with zero attached hydrogens (tertiary/aromatic N) is 1. The van der Waals surface area contributed by atoms with E-state index in [4.69, 9.17) is 4.42 Å². The lowest BCUT2D eigenvalue weighted by atomic mass is 10.1. The molecule has 2 heterocycles. The second kappa shape index (κ2) is 7.20. The minimum atomic E-state index is -0.817. The molecule has 6 nitrogen and oxygen atoms in total. The minimum Gasteiger partial charge on any atom is -0.457 e. The van der Waals surface area contributed by atoms with Crippen molar-refractivity contribution < 1.29 is 23.2 Å². The zero-order chi connectivity index (χ0) is 20.5. The highest BCUT2D eigenvalue weighted by molar-refractivity contribution is 6.39. The molecule has 1 N–H and O–H groups in total. The lowest BCUT2D eigenvalue weighted by Crippen LogP contribution is -2.54. The van der Waals surface area contributed by atoms with Crippen LogP contribution in [0.2, 0.25) is 0 Å². The van der Waals surface area contributed by atoms with Crippen molar-refractivity contribution in [1.82, 2.24) is 5.32 Å². The zero-order valence-corrected chi connectivity index (χ0v) is 15.3. The number of hydrogen-bond donors (Lipinski definition) is 1. The summed E-state index contributed by atoms with van der Waals surface area (Å²) < 4.78 is 19.0. The first-order valence-electron chi connectivity index (χ1n) is 8.76. The van der Waals surface area contributed by atoms with Crippen molar-refractivity contribution in [3.8, 4) is 11.3 Å². The Morgan fingerprint density at radius 2 is 1.79 bits per heavy atom. The van der Waals surface area contributed by atoms with E-state index in [1.54, 1.807) is 42.5 Å². The minimum absolute atomic E-state index is 0.223. The van der Waals surface area contributed by atoms with Crippen molar-refractivity contribution in [3.05, 3.63) is 83.4 Å². The van der Waals surface area contributed by atoms with Gasteiger partial charge in [-0.05, 0) is 55.0 Å². The van der Waals surface area contributed by atoms with Crippen molar-refractivity contribution in [2.24, 2.45) is 0 Å². The van der Waals surface area contributed by atoms with Crippen LogP contribution < -0.4 is 10.2 Å². The lowest BCUT2D eigenvalue weighted by Gasteiger charge is -2.26. The second-order valence-corrected chi connectivity index (χ2v) is 6.51. The van der Waals surface area contributed by atoms with E-state index in [0.717, 1.165) is 10.5 Å². The number of benzene rings is 2. The molecule has 7 heteroatoms. The number of rotatable bonds is 3. The third-order valence-electron chi connectivity index (χ3n) is 4.38. The number of carbonyl (C=O) groups excluding carboxylic acids is 3. The molecule has 0 aliphatic carbocycles. The van der Waals surface area contributed by atoms with Crippen LogP contribution in [0, 0.1) is 12.7 Å². The van der Waals surface area contributed by atoms with E-state index in [-0.39, 0.29) is 11.3 Å². The van der Waals surface area contributed by atoms with Crippen LogP contribution >= 0.6 is 0 Å². The average molecular weight is 390 g/mol. The summed E-state index contributed by atoms with van der Waals surface area (Å²) in [6.45, 7) is 1.83. The summed E-state index contributed by atoms with van der Waals surface area (Å²) in [5, 5.41) is 2.16.